The average Bonchev–Trinajstić information content (AvgIpc) is 2.03. The highest BCUT2D eigenvalue weighted by molar-refractivity contribution is 5.85. The standard InChI is InChI=1S/C9H12FN.ClH/c1-11-7-6-8-4-2-3-5-9(8)10;/h2-5,11H,6-7H2,1H3;1H. The number of halogens is 2. The minimum atomic E-state index is -0.109. The van der Waals surface area contributed by atoms with Crippen LogP contribution in [0.4, 0.5) is 4.39 Å². The maximum absolute atomic E-state index is 12.9. The van der Waals surface area contributed by atoms with Crippen molar-refractivity contribution in [2.24, 2.45) is 0 Å². The Morgan fingerprint density at radius 1 is 1.33 bits per heavy atom. The highest BCUT2D eigenvalue weighted by Crippen LogP contribution is 2.05. The van der Waals surface area contributed by atoms with Crippen molar-refractivity contribution in [3.05, 3.63) is 35.6 Å². The first-order chi connectivity index (χ1) is 5.34. The van der Waals surface area contributed by atoms with Gasteiger partial charge >= 0.3 is 0 Å². The van der Waals surface area contributed by atoms with Gasteiger partial charge in [-0.2, -0.15) is 0 Å². The van der Waals surface area contributed by atoms with Crippen LogP contribution in [0.25, 0.3) is 0 Å². The lowest BCUT2D eigenvalue weighted by Gasteiger charge is -2.00. The first-order valence-corrected chi connectivity index (χ1v) is 3.72. The molecule has 0 saturated carbocycles. The van der Waals surface area contributed by atoms with Gasteiger partial charge in [0.05, 0.1) is 0 Å². The predicted molar refractivity (Wildman–Crippen MR) is 51.3 cm³/mol. The lowest BCUT2D eigenvalue weighted by Crippen LogP contribution is -2.10. The molecule has 1 aromatic carbocycles. The molecule has 0 heterocycles. The second-order valence-electron chi connectivity index (χ2n) is 2.44. The minimum absolute atomic E-state index is 0. The van der Waals surface area contributed by atoms with Crippen molar-refractivity contribution in [2.75, 3.05) is 13.6 Å². The van der Waals surface area contributed by atoms with Gasteiger partial charge in [0.1, 0.15) is 5.82 Å². The third-order valence-corrected chi connectivity index (χ3v) is 1.60. The van der Waals surface area contributed by atoms with Crippen molar-refractivity contribution in [3.8, 4) is 0 Å². The number of likely N-dealkylation sites (N-methyl/N-ethyl adjacent to an activating group) is 1. The van der Waals surface area contributed by atoms with Gasteiger partial charge in [0.2, 0.25) is 0 Å². The van der Waals surface area contributed by atoms with Gasteiger partial charge in [-0.25, -0.2) is 4.39 Å². The summed E-state index contributed by atoms with van der Waals surface area (Å²) in [5, 5.41) is 2.98. The molecule has 0 aliphatic rings. The maximum Gasteiger partial charge on any atom is 0.126 e. The summed E-state index contributed by atoms with van der Waals surface area (Å²) in [6.45, 7) is 0.820. The van der Waals surface area contributed by atoms with Crippen molar-refractivity contribution in [1.29, 1.82) is 0 Å². The fourth-order valence-corrected chi connectivity index (χ4v) is 0.961. The van der Waals surface area contributed by atoms with Crippen molar-refractivity contribution in [3.63, 3.8) is 0 Å². The summed E-state index contributed by atoms with van der Waals surface area (Å²) in [4.78, 5) is 0. The summed E-state index contributed by atoms with van der Waals surface area (Å²) in [5.74, 6) is -0.109. The highest BCUT2D eigenvalue weighted by atomic mass is 35.5. The molecular formula is C9H13ClFN. The van der Waals surface area contributed by atoms with Gasteiger partial charge in [-0.1, -0.05) is 18.2 Å². The van der Waals surface area contributed by atoms with Crippen LogP contribution in [0, 0.1) is 5.82 Å². The van der Waals surface area contributed by atoms with Gasteiger partial charge in [-0.15, -0.1) is 12.4 Å². The molecule has 1 nitrogen and oxygen atoms in total. The molecule has 0 atom stereocenters. The molecule has 0 aliphatic heterocycles. The normalized spacial score (nSPS) is 9.17. The van der Waals surface area contributed by atoms with Crippen LogP contribution in [-0.4, -0.2) is 13.6 Å². The maximum atomic E-state index is 12.9. The summed E-state index contributed by atoms with van der Waals surface area (Å²) < 4.78 is 12.9. The van der Waals surface area contributed by atoms with Gasteiger partial charge in [0.15, 0.2) is 0 Å². The zero-order valence-corrected chi connectivity index (χ0v) is 7.83. The Morgan fingerprint density at radius 2 is 2.00 bits per heavy atom. The van der Waals surface area contributed by atoms with Crippen molar-refractivity contribution >= 4 is 12.4 Å². The van der Waals surface area contributed by atoms with Crippen LogP contribution in [-0.2, 0) is 6.42 Å². The van der Waals surface area contributed by atoms with E-state index in [1.165, 1.54) is 6.07 Å². The highest BCUT2D eigenvalue weighted by Gasteiger charge is 1.97. The average molecular weight is 190 g/mol. The summed E-state index contributed by atoms with van der Waals surface area (Å²) >= 11 is 0. The third kappa shape index (κ3) is 3.20. The summed E-state index contributed by atoms with van der Waals surface area (Å²) in [7, 11) is 1.86. The molecule has 1 N–H and O–H groups in total. The molecule has 0 amide bonds. The van der Waals surface area contributed by atoms with Crippen LogP contribution in [0.3, 0.4) is 0 Å². The Hall–Kier alpha value is -0.600. The molecular weight excluding hydrogens is 177 g/mol. The number of hydrogen-bond donors (Lipinski definition) is 1. The number of nitrogens with one attached hydrogen (secondary N) is 1. The molecule has 0 saturated heterocycles. The van der Waals surface area contributed by atoms with E-state index in [2.05, 4.69) is 5.32 Å². The van der Waals surface area contributed by atoms with E-state index in [1.807, 2.05) is 19.2 Å². The predicted octanol–water partition coefficient (Wildman–Crippen LogP) is 2.01. The quantitative estimate of drug-likeness (QED) is 0.767. The molecule has 1 rings (SSSR count). The van der Waals surface area contributed by atoms with E-state index < -0.39 is 0 Å². The summed E-state index contributed by atoms with van der Waals surface area (Å²) in [6, 6.07) is 6.87. The SMILES string of the molecule is CNCCc1ccccc1F.Cl. The molecule has 0 aromatic heterocycles. The van der Waals surface area contributed by atoms with Crippen molar-refractivity contribution in [2.45, 2.75) is 6.42 Å². The molecule has 0 unspecified atom stereocenters. The summed E-state index contributed by atoms with van der Waals surface area (Å²) in [6.07, 6.45) is 0.753. The molecule has 12 heavy (non-hydrogen) atoms. The van der Waals surface area contributed by atoms with Crippen LogP contribution in [0.1, 0.15) is 5.56 Å². The molecule has 0 spiro atoms. The van der Waals surface area contributed by atoms with Gasteiger partial charge in [0.25, 0.3) is 0 Å². The van der Waals surface area contributed by atoms with Crippen molar-refractivity contribution in [1.82, 2.24) is 5.32 Å². The lowest BCUT2D eigenvalue weighted by atomic mass is 10.1. The molecule has 1 aromatic rings. The Kier molecular flexibility index (Phi) is 5.68. The molecule has 0 radical (unpaired) electrons. The number of hydrogen-bond acceptors (Lipinski definition) is 1. The molecule has 0 fully saturated rings. The second kappa shape index (κ2) is 5.98. The molecule has 0 aliphatic carbocycles. The van der Waals surface area contributed by atoms with E-state index in [9.17, 15) is 4.39 Å². The van der Waals surface area contributed by atoms with E-state index in [1.54, 1.807) is 6.07 Å². The third-order valence-electron chi connectivity index (χ3n) is 1.60. The minimum Gasteiger partial charge on any atom is -0.319 e. The number of benzene rings is 1. The van der Waals surface area contributed by atoms with Crippen LogP contribution in [0.2, 0.25) is 0 Å². The molecule has 0 bridgehead atoms. The summed E-state index contributed by atoms with van der Waals surface area (Å²) in [5.41, 5.74) is 0.779. The Morgan fingerprint density at radius 3 is 2.58 bits per heavy atom. The zero-order chi connectivity index (χ0) is 8.10. The van der Waals surface area contributed by atoms with E-state index in [-0.39, 0.29) is 18.2 Å². The topological polar surface area (TPSA) is 12.0 Å². The van der Waals surface area contributed by atoms with Gasteiger partial charge in [-0.3, -0.25) is 0 Å². The monoisotopic (exact) mass is 189 g/mol. The first-order valence-electron chi connectivity index (χ1n) is 3.72. The Labute approximate surface area is 78.4 Å². The van der Waals surface area contributed by atoms with Gasteiger partial charge < -0.3 is 5.32 Å². The van der Waals surface area contributed by atoms with Crippen LogP contribution in [0.15, 0.2) is 24.3 Å². The van der Waals surface area contributed by atoms with Crippen molar-refractivity contribution < 1.29 is 4.39 Å². The smallest absolute Gasteiger partial charge is 0.126 e. The van der Waals surface area contributed by atoms with E-state index >= 15 is 0 Å². The fraction of sp³-hybridized carbons (Fsp3) is 0.333. The first kappa shape index (κ1) is 11.4. The second-order valence-corrected chi connectivity index (χ2v) is 2.44. The van der Waals surface area contributed by atoms with E-state index in [0.717, 1.165) is 18.5 Å². The Balaban J connectivity index is 0.00000121. The van der Waals surface area contributed by atoms with Crippen LogP contribution < -0.4 is 5.32 Å². The van der Waals surface area contributed by atoms with Gasteiger partial charge in [0, 0.05) is 0 Å². The lowest BCUT2D eigenvalue weighted by molar-refractivity contribution is 0.605. The fourth-order valence-electron chi connectivity index (χ4n) is 0.961. The van der Waals surface area contributed by atoms with Crippen LogP contribution in [0.5, 0.6) is 0 Å². The van der Waals surface area contributed by atoms with Gasteiger partial charge in [-0.05, 0) is 31.6 Å². The molecule has 68 valence electrons. The Bertz CT molecular complexity index is 228. The number of rotatable bonds is 3. The van der Waals surface area contributed by atoms with E-state index in [0.29, 0.717) is 0 Å². The zero-order valence-electron chi connectivity index (χ0n) is 7.01. The van der Waals surface area contributed by atoms with Crippen LogP contribution >= 0.6 is 12.4 Å². The largest absolute Gasteiger partial charge is 0.319 e. The molecule has 3 heteroatoms. The van der Waals surface area contributed by atoms with E-state index in [4.69, 9.17) is 0 Å².